The fourth-order valence-corrected chi connectivity index (χ4v) is 2.09. The van der Waals surface area contributed by atoms with Crippen molar-refractivity contribution in [2.24, 2.45) is 11.7 Å². The number of amides is 1. The molecule has 2 heterocycles. The zero-order valence-electron chi connectivity index (χ0n) is 7.74. The van der Waals surface area contributed by atoms with E-state index in [4.69, 9.17) is 10.5 Å². The number of nitrogens with zero attached hydrogens (tertiary/aromatic N) is 1. The van der Waals surface area contributed by atoms with E-state index in [0.717, 1.165) is 19.6 Å². The molecule has 0 aliphatic carbocycles. The molecular weight excluding hydrogens is 168 g/mol. The summed E-state index contributed by atoms with van der Waals surface area (Å²) in [5.74, 6) is 0.624. The summed E-state index contributed by atoms with van der Waals surface area (Å²) in [5.41, 5.74) is 5.55. The third-order valence-corrected chi connectivity index (χ3v) is 2.92. The van der Waals surface area contributed by atoms with Gasteiger partial charge in [0.15, 0.2) is 0 Å². The van der Waals surface area contributed by atoms with Gasteiger partial charge in [0.05, 0.1) is 12.6 Å². The molecule has 4 heteroatoms. The summed E-state index contributed by atoms with van der Waals surface area (Å²) in [7, 11) is 0. The lowest BCUT2D eigenvalue weighted by Crippen LogP contribution is -2.37. The molecule has 2 aliphatic heterocycles. The van der Waals surface area contributed by atoms with Gasteiger partial charge in [-0.2, -0.15) is 0 Å². The minimum atomic E-state index is 0.256. The molecule has 0 aromatic rings. The molecule has 1 unspecified atom stereocenters. The van der Waals surface area contributed by atoms with Gasteiger partial charge >= 0.3 is 0 Å². The molecule has 2 atom stereocenters. The molecule has 0 aromatic heterocycles. The van der Waals surface area contributed by atoms with Crippen LogP contribution < -0.4 is 5.73 Å². The zero-order chi connectivity index (χ0) is 9.26. The summed E-state index contributed by atoms with van der Waals surface area (Å²) >= 11 is 0. The van der Waals surface area contributed by atoms with Crippen LogP contribution >= 0.6 is 0 Å². The molecule has 2 fully saturated rings. The molecule has 2 saturated heterocycles. The summed E-state index contributed by atoms with van der Waals surface area (Å²) in [5, 5.41) is 0. The van der Waals surface area contributed by atoms with Crippen molar-refractivity contribution in [3.63, 3.8) is 0 Å². The smallest absolute Gasteiger partial charge is 0.223 e. The van der Waals surface area contributed by atoms with Crippen molar-refractivity contribution in [1.82, 2.24) is 4.90 Å². The van der Waals surface area contributed by atoms with Crippen LogP contribution in [0, 0.1) is 5.92 Å². The second-order valence-electron chi connectivity index (χ2n) is 3.87. The molecule has 0 aromatic carbocycles. The summed E-state index contributed by atoms with van der Waals surface area (Å²) in [6.45, 7) is 2.96. The van der Waals surface area contributed by atoms with Gasteiger partial charge < -0.3 is 15.4 Å². The van der Waals surface area contributed by atoms with E-state index in [9.17, 15) is 4.79 Å². The van der Waals surface area contributed by atoms with Gasteiger partial charge in [0.1, 0.15) is 0 Å². The SMILES string of the molecule is NCC1CC(=O)N([C@@H]2CCOC2)C1. The number of hydrogen-bond acceptors (Lipinski definition) is 3. The molecule has 0 saturated carbocycles. The molecule has 74 valence electrons. The maximum absolute atomic E-state index is 11.5. The standard InChI is InChI=1S/C9H16N2O2/c10-4-7-3-9(12)11(5-7)8-1-2-13-6-8/h7-8H,1-6,10H2/t7?,8-/m1/s1. The van der Waals surface area contributed by atoms with E-state index in [2.05, 4.69) is 0 Å². The van der Waals surface area contributed by atoms with Gasteiger partial charge in [-0.05, 0) is 18.9 Å². The van der Waals surface area contributed by atoms with Crippen molar-refractivity contribution in [3.05, 3.63) is 0 Å². The Balaban J connectivity index is 1.95. The normalized spacial score (nSPS) is 34.5. The van der Waals surface area contributed by atoms with Crippen molar-refractivity contribution in [3.8, 4) is 0 Å². The Morgan fingerprint density at radius 1 is 1.62 bits per heavy atom. The largest absolute Gasteiger partial charge is 0.379 e. The van der Waals surface area contributed by atoms with Gasteiger partial charge in [0.25, 0.3) is 0 Å². The first-order valence-electron chi connectivity index (χ1n) is 4.88. The van der Waals surface area contributed by atoms with Crippen LogP contribution in [0.1, 0.15) is 12.8 Å². The van der Waals surface area contributed by atoms with Crippen LogP contribution in [0.4, 0.5) is 0 Å². The Morgan fingerprint density at radius 2 is 2.46 bits per heavy atom. The number of ether oxygens (including phenoxy) is 1. The Kier molecular flexibility index (Phi) is 2.51. The van der Waals surface area contributed by atoms with Crippen LogP contribution in [0.25, 0.3) is 0 Å². The van der Waals surface area contributed by atoms with Crippen LogP contribution in [0.3, 0.4) is 0 Å². The van der Waals surface area contributed by atoms with Crippen LogP contribution in [-0.2, 0) is 9.53 Å². The highest BCUT2D eigenvalue weighted by atomic mass is 16.5. The van der Waals surface area contributed by atoms with Gasteiger partial charge in [0.2, 0.25) is 5.91 Å². The van der Waals surface area contributed by atoms with E-state index in [1.807, 2.05) is 4.90 Å². The van der Waals surface area contributed by atoms with Crippen molar-refractivity contribution < 1.29 is 9.53 Å². The summed E-state index contributed by atoms with van der Waals surface area (Å²) in [4.78, 5) is 13.5. The van der Waals surface area contributed by atoms with E-state index in [-0.39, 0.29) is 5.91 Å². The van der Waals surface area contributed by atoms with Crippen molar-refractivity contribution in [2.75, 3.05) is 26.3 Å². The Hall–Kier alpha value is -0.610. The van der Waals surface area contributed by atoms with E-state index in [1.165, 1.54) is 0 Å². The number of carbonyl (C=O) groups is 1. The Labute approximate surface area is 78.0 Å². The second kappa shape index (κ2) is 3.64. The lowest BCUT2D eigenvalue weighted by atomic mass is 10.1. The van der Waals surface area contributed by atoms with Crippen LogP contribution in [0.5, 0.6) is 0 Å². The Bertz CT molecular complexity index is 202. The van der Waals surface area contributed by atoms with Crippen molar-refractivity contribution >= 4 is 5.91 Å². The average Bonchev–Trinajstić information content (AvgIpc) is 2.72. The number of likely N-dealkylation sites (tertiary alicyclic amines) is 1. The minimum absolute atomic E-state index is 0.256. The monoisotopic (exact) mass is 184 g/mol. The van der Waals surface area contributed by atoms with Gasteiger partial charge in [-0.15, -0.1) is 0 Å². The number of nitrogens with two attached hydrogens (primary N) is 1. The first-order chi connectivity index (χ1) is 6.31. The molecule has 13 heavy (non-hydrogen) atoms. The predicted octanol–water partition coefficient (Wildman–Crippen LogP) is -0.417. The van der Waals surface area contributed by atoms with E-state index in [0.29, 0.717) is 31.5 Å². The fourth-order valence-electron chi connectivity index (χ4n) is 2.09. The zero-order valence-corrected chi connectivity index (χ0v) is 7.74. The topological polar surface area (TPSA) is 55.6 Å². The first kappa shape index (κ1) is 8.97. The van der Waals surface area contributed by atoms with E-state index in [1.54, 1.807) is 0 Å². The lowest BCUT2D eigenvalue weighted by molar-refractivity contribution is -0.129. The van der Waals surface area contributed by atoms with Gasteiger partial charge in [-0.25, -0.2) is 0 Å². The fraction of sp³-hybridized carbons (Fsp3) is 0.889. The second-order valence-corrected chi connectivity index (χ2v) is 3.87. The third-order valence-electron chi connectivity index (χ3n) is 2.92. The summed E-state index contributed by atoms with van der Waals surface area (Å²) < 4.78 is 5.26. The highest BCUT2D eigenvalue weighted by molar-refractivity contribution is 5.79. The highest BCUT2D eigenvalue weighted by Crippen LogP contribution is 2.22. The van der Waals surface area contributed by atoms with Crippen molar-refractivity contribution in [2.45, 2.75) is 18.9 Å². The average molecular weight is 184 g/mol. The molecular formula is C9H16N2O2. The molecule has 1 amide bonds. The number of carbonyl (C=O) groups excluding carboxylic acids is 1. The predicted molar refractivity (Wildman–Crippen MR) is 48.1 cm³/mol. The van der Waals surface area contributed by atoms with Crippen LogP contribution in [-0.4, -0.2) is 43.2 Å². The number of rotatable bonds is 2. The highest BCUT2D eigenvalue weighted by Gasteiger charge is 2.34. The molecule has 0 spiro atoms. The summed E-state index contributed by atoms with van der Waals surface area (Å²) in [6, 6.07) is 0.323. The van der Waals surface area contributed by atoms with E-state index >= 15 is 0 Å². The van der Waals surface area contributed by atoms with Crippen molar-refractivity contribution in [1.29, 1.82) is 0 Å². The van der Waals surface area contributed by atoms with Gasteiger partial charge in [0, 0.05) is 19.6 Å². The molecule has 4 nitrogen and oxygen atoms in total. The molecule has 2 aliphatic rings. The van der Waals surface area contributed by atoms with Crippen LogP contribution in [0.15, 0.2) is 0 Å². The number of hydrogen-bond donors (Lipinski definition) is 1. The Morgan fingerprint density at radius 3 is 3.00 bits per heavy atom. The van der Waals surface area contributed by atoms with Gasteiger partial charge in [-0.1, -0.05) is 0 Å². The molecule has 2 rings (SSSR count). The molecule has 0 bridgehead atoms. The third kappa shape index (κ3) is 1.69. The maximum Gasteiger partial charge on any atom is 0.223 e. The van der Waals surface area contributed by atoms with Crippen LogP contribution in [0.2, 0.25) is 0 Å². The van der Waals surface area contributed by atoms with Gasteiger partial charge in [-0.3, -0.25) is 4.79 Å². The maximum atomic E-state index is 11.5. The molecule has 0 radical (unpaired) electrons. The minimum Gasteiger partial charge on any atom is -0.379 e. The first-order valence-corrected chi connectivity index (χ1v) is 4.88. The van der Waals surface area contributed by atoms with E-state index < -0.39 is 0 Å². The summed E-state index contributed by atoms with van der Waals surface area (Å²) in [6.07, 6.45) is 1.62. The quantitative estimate of drug-likeness (QED) is 0.634. The lowest BCUT2D eigenvalue weighted by Gasteiger charge is -2.22. The molecule has 2 N–H and O–H groups in total.